The van der Waals surface area contributed by atoms with Crippen LogP contribution in [0, 0.1) is 0 Å². The smallest absolute Gasteiger partial charge is 0.264 e. The predicted molar refractivity (Wildman–Crippen MR) is 131 cm³/mol. The molecule has 0 spiro atoms. The molecule has 0 saturated heterocycles. The largest absolute Gasteiger partial charge is 0.324 e. The lowest BCUT2D eigenvalue weighted by molar-refractivity contribution is -0.117. The Morgan fingerprint density at radius 3 is 2.12 bits per heavy atom. The normalized spacial score (nSPS) is 12.6. The molecule has 0 fully saturated rings. The minimum absolute atomic E-state index is 0.0658. The van der Waals surface area contributed by atoms with E-state index in [0.717, 1.165) is 10.6 Å². The molecule has 34 heavy (non-hydrogen) atoms. The first kappa shape index (κ1) is 25.4. The fourth-order valence-corrected chi connectivity index (χ4v) is 5.42. The molecule has 3 rings (SSSR count). The van der Waals surface area contributed by atoms with Gasteiger partial charge in [-0.05, 0) is 61.0 Å². The molecule has 2 aromatic carbocycles. The number of amides is 1. The van der Waals surface area contributed by atoms with Gasteiger partial charge in [0.05, 0.1) is 16.8 Å². The summed E-state index contributed by atoms with van der Waals surface area (Å²) in [6.45, 7) is 1.69. The van der Waals surface area contributed by atoms with Crippen molar-refractivity contribution < 1.29 is 21.6 Å². The van der Waals surface area contributed by atoms with Crippen LogP contribution in [0.3, 0.4) is 0 Å². The number of carbonyl (C=O) groups is 1. The Labute approximate surface area is 203 Å². The summed E-state index contributed by atoms with van der Waals surface area (Å²) in [5, 5.41) is 3.07. The summed E-state index contributed by atoms with van der Waals surface area (Å²) in [6.07, 6.45) is 4.00. The Morgan fingerprint density at radius 2 is 1.59 bits per heavy atom. The van der Waals surface area contributed by atoms with Crippen LogP contribution in [0.2, 0.25) is 5.02 Å². The lowest BCUT2D eigenvalue weighted by Gasteiger charge is -2.30. The van der Waals surface area contributed by atoms with Crippen molar-refractivity contribution in [3.05, 3.63) is 72.0 Å². The van der Waals surface area contributed by atoms with Crippen LogP contribution in [0.25, 0.3) is 0 Å². The first-order valence-corrected chi connectivity index (χ1v) is 13.7. The summed E-state index contributed by atoms with van der Waals surface area (Å²) in [5.41, 5.74) is 0.590. The minimum atomic E-state index is -3.94. The maximum Gasteiger partial charge on any atom is 0.264 e. The van der Waals surface area contributed by atoms with Gasteiger partial charge in [-0.15, -0.1) is 0 Å². The minimum Gasteiger partial charge on any atom is -0.324 e. The molecule has 0 bridgehead atoms. The van der Waals surface area contributed by atoms with Gasteiger partial charge in [-0.1, -0.05) is 18.5 Å². The fraction of sp³-hybridized carbons (Fsp3) is 0.190. The predicted octanol–water partition coefficient (Wildman–Crippen LogP) is 3.11. The highest BCUT2D eigenvalue weighted by Gasteiger charge is 2.31. The lowest BCUT2D eigenvalue weighted by atomic mass is 10.2. The van der Waals surface area contributed by atoms with Gasteiger partial charge in [0.25, 0.3) is 10.0 Å². The summed E-state index contributed by atoms with van der Waals surface area (Å²) in [5.74, 6) is -0.650. The van der Waals surface area contributed by atoms with Gasteiger partial charge in [0, 0.05) is 23.1 Å². The molecule has 1 aromatic heterocycles. The molecule has 0 saturated carbocycles. The summed E-state index contributed by atoms with van der Waals surface area (Å²) in [7, 11) is -7.74. The van der Waals surface area contributed by atoms with Crippen LogP contribution in [-0.4, -0.2) is 45.0 Å². The highest BCUT2D eigenvalue weighted by Crippen LogP contribution is 2.25. The van der Waals surface area contributed by atoms with Crippen LogP contribution in [0.5, 0.6) is 0 Å². The number of nitrogens with one attached hydrogen (secondary N) is 2. The van der Waals surface area contributed by atoms with Crippen molar-refractivity contribution in [2.45, 2.75) is 24.3 Å². The Hall–Kier alpha value is -3.22. The molecule has 1 amide bonds. The molecule has 13 heteroatoms. The zero-order valence-corrected chi connectivity index (χ0v) is 20.6. The molecular weight excluding hydrogens is 502 g/mol. The molecule has 0 unspecified atom stereocenters. The van der Waals surface area contributed by atoms with Crippen LogP contribution >= 0.6 is 11.6 Å². The number of nitrogens with zero attached hydrogens (tertiary/aromatic N) is 3. The molecule has 2 N–H and O–H groups in total. The van der Waals surface area contributed by atoms with E-state index in [4.69, 9.17) is 11.6 Å². The van der Waals surface area contributed by atoms with Crippen molar-refractivity contribution in [3.8, 4) is 0 Å². The van der Waals surface area contributed by atoms with Crippen LogP contribution in [0.4, 0.5) is 17.3 Å². The first-order valence-electron chi connectivity index (χ1n) is 9.97. The zero-order chi connectivity index (χ0) is 24.9. The van der Waals surface area contributed by atoms with Crippen molar-refractivity contribution in [2.75, 3.05) is 20.6 Å². The van der Waals surface area contributed by atoms with E-state index in [9.17, 15) is 21.6 Å². The number of hydrogen-bond donors (Lipinski definition) is 2. The highest BCUT2D eigenvalue weighted by atomic mass is 35.5. The molecule has 0 aliphatic rings. The van der Waals surface area contributed by atoms with Crippen molar-refractivity contribution >= 4 is 54.9 Å². The monoisotopic (exact) mass is 523 g/mol. The van der Waals surface area contributed by atoms with Crippen LogP contribution < -0.4 is 14.3 Å². The van der Waals surface area contributed by atoms with Crippen LogP contribution in [-0.2, 0) is 24.8 Å². The third kappa shape index (κ3) is 6.22. The number of sulfonamides is 2. The fourth-order valence-electron chi connectivity index (χ4n) is 3.12. The van der Waals surface area contributed by atoms with Crippen LogP contribution in [0.1, 0.15) is 13.3 Å². The van der Waals surface area contributed by atoms with E-state index in [1.54, 1.807) is 13.0 Å². The Kier molecular flexibility index (Phi) is 7.75. The summed E-state index contributed by atoms with van der Waals surface area (Å²) in [4.78, 5) is 20.6. The average Bonchev–Trinajstić information content (AvgIpc) is 2.78. The highest BCUT2D eigenvalue weighted by molar-refractivity contribution is 7.92. The number of halogens is 1. The number of rotatable bonds is 9. The third-order valence-electron chi connectivity index (χ3n) is 4.63. The number of aromatic nitrogens is 2. The van der Waals surface area contributed by atoms with Gasteiger partial charge in [0.2, 0.25) is 21.9 Å². The molecule has 0 aliphatic carbocycles. The van der Waals surface area contributed by atoms with Gasteiger partial charge in [0.1, 0.15) is 6.04 Å². The van der Waals surface area contributed by atoms with E-state index >= 15 is 0 Å². The maximum absolute atomic E-state index is 13.0. The average molecular weight is 524 g/mol. The van der Waals surface area contributed by atoms with E-state index < -0.39 is 32.0 Å². The maximum atomic E-state index is 13.0. The van der Waals surface area contributed by atoms with E-state index in [1.807, 2.05) is 0 Å². The first-order chi connectivity index (χ1) is 16.0. The van der Waals surface area contributed by atoms with Crippen molar-refractivity contribution in [1.29, 1.82) is 0 Å². The summed E-state index contributed by atoms with van der Waals surface area (Å²) < 4.78 is 53.3. The van der Waals surface area contributed by atoms with E-state index in [2.05, 4.69) is 20.0 Å². The van der Waals surface area contributed by atoms with E-state index in [0.29, 0.717) is 16.4 Å². The molecule has 0 aliphatic heterocycles. The SMILES string of the molecule is CC[C@H](C(=O)Nc1ccc(S(=O)(=O)Nc2ncccn2)cc1)N(c1ccc(Cl)cc1)S(C)(=O)=O. The zero-order valence-electron chi connectivity index (χ0n) is 18.2. The molecule has 0 radical (unpaired) electrons. The quantitative estimate of drug-likeness (QED) is 0.439. The molecular formula is C21H22ClN5O5S2. The van der Waals surface area contributed by atoms with E-state index in [-0.39, 0.29) is 17.3 Å². The molecule has 1 heterocycles. The standard InChI is InChI=1S/C21H22ClN5O5S2/c1-3-19(27(33(2,29)30)17-9-5-15(22)6-10-17)20(28)25-16-7-11-18(12-8-16)34(31,32)26-21-23-13-4-14-24-21/h4-14,19H,3H2,1-2H3,(H,25,28)(H,23,24,26)/t19-/m1/s1. The lowest BCUT2D eigenvalue weighted by Crippen LogP contribution is -2.47. The number of hydrogen-bond acceptors (Lipinski definition) is 7. The van der Waals surface area contributed by atoms with Gasteiger partial charge in [-0.25, -0.2) is 31.5 Å². The number of carbonyl (C=O) groups excluding carboxylic acids is 1. The molecule has 180 valence electrons. The molecule has 1 atom stereocenters. The molecule has 3 aromatic rings. The Balaban J connectivity index is 1.79. The summed E-state index contributed by atoms with van der Waals surface area (Å²) >= 11 is 5.90. The van der Waals surface area contributed by atoms with Gasteiger partial charge in [-0.2, -0.15) is 0 Å². The van der Waals surface area contributed by atoms with Gasteiger partial charge in [0.15, 0.2) is 0 Å². The van der Waals surface area contributed by atoms with Gasteiger partial charge < -0.3 is 5.32 Å². The van der Waals surface area contributed by atoms with Crippen molar-refractivity contribution in [2.24, 2.45) is 0 Å². The Morgan fingerprint density at radius 1 is 1.00 bits per heavy atom. The number of anilines is 3. The Bertz CT molecular complexity index is 1350. The van der Waals surface area contributed by atoms with Crippen molar-refractivity contribution in [3.63, 3.8) is 0 Å². The van der Waals surface area contributed by atoms with E-state index in [1.165, 1.54) is 60.9 Å². The summed E-state index contributed by atoms with van der Waals surface area (Å²) in [6, 6.07) is 12.0. The topological polar surface area (TPSA) is 138 Å². The van der Waals surface area contributed by atoms with Crippen molar-refractivity contribution in [1.82, 2.24) is 9.97 Å². The second-order valence-electron chi connectivity index (χ2n) is 7.15. The number of benzene rings is 2. The van der Waals surface area contributed by atoms with Gasteiger partial charge in [-0.3, -0.25) is 9.10 Å². The second kappa shape index (κ2) is 10.4. The van der Waals surface area contributed by atoms with Crippen LogP contribution in [0.15, 0.2) is 71.9 Å². The van der Waals surface area contributed by atoms with Gasteiger partial charge >= 0.3 is 0 Å². The molecule has 10 nitrogen and oxygen atoms in total. The third-order valence-corrected chi connectivity index (χ3v) is 7.41. The second-order valence-corrected chi connectivity index (χ2v) is 11.1.